The van der Waals surface area contributed by atoms with E-state index in [0.717, 1.165) is 5.56 Å². The summed E-state index contributed by atoms with van der Waals surface area (Å²) in [7, 11) is 1.53. The summed E-state index contributed by atoms with van der Waals surface area (Å²) in [6.45, 7) is 2.35. The predicted molar refractivity (Wildman–Crippen MR) is 50.4 cm³/mol. The van der Waals surface area contributed by atoms with Gasteiger partial charge in [-0.05, 0) is 37.1 Å². The van der Waals surface area contributed by atoms with Gasteiger partial charge in [-0.25, -0.2) is 4.39 Å². The zero-order chi connectivity index (χ0) is 9.84. The summed E-state index contributed by atoms with van der Waals surface area (Å²) in [4.78, 5) is 0. The van der Waals surface area contributed by atoms with Gasteiger partial charge >= 0.3 is 0 Å². The first-order valence-electron chi connectivity index (χ1n) is 4.22. The highest BCUT2D eigenvalue weighted by Gasteiger charge is 2.06. The Labute approximate surface area is 77.5 Å². The number of nitrogens with two attached hydrogens (primary N) is 1. The van der Waals surface area contributed by atoms with Crippen LogP contribution < -0.4 is 10.5 Å². The number of rotatable bonds is 3. The standard InChI is InChI=1S/C10H14FNO/c1-7-5-8(3-4-12)9(11)6-10(7)13-2/h5-6H,3-4,12H2,1-2H3. The molecule has 0 bridgehead atoms. The second-order valence-corrected chi connectivity index (χ2v) is 2.95. The predicted octanol–water partition coefficient (Wildman–Crippen LogP) is 1.64. The molecule has 0 heterocycles. The van der Waals surface area contributed by atoms with Gasteiger partial charge < -0.3 is 10.5 Å². The first-order valence-corrected chi connectivity index (χ1v) is 4.22. The third kappa shape index (κ3) is 2.18. The van der Waals surface area contributed by atoms with E-state index in [4.69, 9.17) is 10.5 Å². The molecule has 0 aliphatic carbocycles. The fraction of sp³-hybridized carbons (Fsp3) is 0.400. The lowest BCUT2D eigenvalue weighted by Crippen LogP contribution is -2.05. The molecule has 0 spiro atoms. The lowest BCUT2D eigenvalue weighted by molar-refractivity contribution is 0.407. The van der Waals surface area contributed by atoms with Crippen LogP contribution in [0.3, 0.4) is 0 Å². The smallest absolute Gasteiger partial charge is 0.130 e. The molecule has 2 N–H and O–H groups in total. The Morgan fingerprint density at radius 2 is 2.15 bits per heavy atom. The third-order valence-corrected chi connectivity index (χ3v) is 1.98. The van der Waals surface area contributed by atoms with E-state index in [1.165, 1.54) is 13.2 Å². The normalized spacial score (nSPS) is 10.2. The summed E-state index contributed by atoms with van der Waals surface area (Å²) in [6, 6.07) is 3.18. The van der Waals surface area contributed by atoms with Crippen LogP contribution >= 0.6 is 0 Å². The van der Waals surface area contributed by atoms with E-state index in [0.29, 0.717) is 24.3 Å². The number of ether oxygens (including phenoxy) is 1. The summed E-state index contributed by atoms with van der Waals surface area (Å²) in [5, 5.41) is 0. The van der Waals surface area contributed by atoms with Gasteiger partial charge in [0.15, 0.2) is 0 Å². The molecule has 0 aromatic heterocycles. The number of halogens is 1. The molecule has 0 aliphatic heterocycles. The minimum atomic E-state index is -0.243. The van der Waals surface area contributed by atoms with Crippen molar-refractivity contribution >= 4 is 0 Å². The van der Waals surface area contributed by atoms with Crippen molar-refractivity contribution in [2.45, 2.75) is 13.3 Å². The van der Waals surface area contributed by atoms with Gasteiger partial charge in [0.05, 0.1) is 7.11 Å². The van der Waals surface area contributed by atoms with E-state index in [1.54, 1.807) is 6.07 Å². The zero-order valence-electron chi connectivity index (χ0n) is 7.93. The van der Waals surface area contributed by atoms with E-state index in [9.17, 15) is 4.39 Å². The van der Waals surface area contributed by atoms with Crippen LogP contribution in [0.1, 0.15) is 11.1 Å². The highest BCUT2D eigenvalue weighted by atomic mass is 19.1. The molecule has 1 rings (SSSR count). The molecule has 0 fully saturated rings. The Hall–Kier alpha value is -1.09. The molecule has 13 heavy (non-hydrogen) atoms. The van der Waals surface area contributed by atoms with Crippen LogP contribution in [0, 0.1) is 12.7 Å². The fourth-order valence-corrected chi connectivity index (χ4v) is 1.29. The van der Waals surface area contributed by atoms with Crippen molar-refractivity contribution in [2.75, 3.05) is 13.7 Å². The summed E-state index contributed by atoms with van der Waals surface area (Å²) in [5.41, 5.74) is 6.94. The van der Waals surface area contributed by atoms with Crippen molar-refractivity contribution in [3.63, 3.8) is 0 Å². The molecular weight excluding hydrogens is 169 g/mol. The van der Waals surface area contributed by atoms with Crippen LogP contribution in [0.15, 0.2) is 12.1 Å². The maximum Gasteiger partial charge on any atom is 0.130 e. The molecule has 1 aromatic rings. The maximum atomic E-state index is 13.3. The quantitative estimate of drug-likeness (QED) is 0.773. The molecule has 0 radical (unpaired) electrons. The van der Waals surface area contributed by atoms with Crippen LogP contribution in [-0.4, -0.2) is 13.7 Å². The highest BCUT2D eigenvalue weighted by Crippen LogP contribution is 2.21. The number of hydrogen-bond donors (Lipinski definition) is 1. The van der Waals surface area contributed by atoms with Gasteiger partial charge in [0.2, 0.25) is 0 Å². The lowest BCUT2D eigenvalue weighted by Gasteiger charge is -2.07. The second kappa shape index (κ2) is 4.23. The van der Waals surface area contributed by atoms with Crippen molar-refractivity contribution in [2.24, 2.45) is 5.73 Å². The van der Waals surface area contributed by atoms with Gasteiger partial charge in [-0.3, -0.25) is 0 Å². The van der Waals surface area contributed by atoms with E-state index in [2.05, 4.69) is 0 Å². The number of methoxy groups -OCH3 is 1. The molecule has 1 aromatic carbocycles. The van der Waals surface area contributed by atoms with E-state index >= 15 is 0 Å². The van der Waals surface area contributed by atoms with Gasteiger partial charge in [0.1, 0.15) is 11.6 Å². The molecular formula is C10H14FNO. The molecule has 3 heteroatoms. The van der Waals surface area contributed by atoms with Crippen LogP contribution in [0.5, 0.6) is 5.75 Å². The molecule has 0 aliphatic rings. The monoisotopic (exact) mass is 183 g/mol. The topological polar surface area (TPSA) is 35.2 Å². The Balaban J connectivity index is 3.05. The Kier molecular flexibility index (Phi) is 3.25. The van der Waals surface area contributed by atoms with Crippen LogP contribution in [0.2, 0.25) is 0 Å². The van der Waals surface area contributed by atoms with E-state index in [-0.39, 0.29) is 5.82 Å². The summed E-state index contributed by atoms with van der Waals surface area (Å²) in [6.07, 6.45) is 0.566. The minimum absolute atomic E-state index is 0.243. The van der Waals surface area contributed by atoms with Crippen molar-refractivity contribution in [3.8, 4) is 5.75 Å². The molecule has 0 unspecified atom stereocenters. The Morgan fingerprint density at radius 1 is 1.46 bits per heavy atom. The van der Waals surface area contributed by atoms with Gasteiger partial charge in [0, 0.05) is 6.07 Å². The molecule has 0 amide bonds. The van der Waals surface area contributed by atoms with Gasteiger partial charge in [0.25, 0.3) is 0 Å². The van der Waals surface area contributed by atoms with Crippen molar-refractivity contribution < 1.29 is 9.13 Å². The molecule has 2 nitrogen and oxygen atoms in total. The van der Waals surface area contributed by atoms with Crippen LogP contribution in [-0.2, 0) is 6.42 Å². The van der Waals surface area contributed by atoms with Crippen LogP contribution in [0.4, 0.5) is 4.39 Å². The SMILES string of the molecule is COc1cc(F)c(CCN)cc1C. The van der Waals surface area contributed by atoms with Crippen molar-refractivity contribution in [1.82, 2.24) is 0 Å². The minimum Gasteiger partial charge on any atom is -0.496 e. The summed E-state index contributed by atoms with van der Waals surface area (Å²) in [5.74, 6) is 0.339. The average Bonchev–Trinajstić information content (AvgIpc) is 2.11. The molecule has 72 valence electrons. The fourth-order valence-electron chi connectivity index (χ4n) is 1.29. The molecule has 0 saturated carbocycles. The highest BCUT2D eigenvalue weighted by molar-refractivity contribution is 5.37. The third-order valence-electron chi connectivity index (χ3n) is 1.98. The lowest BCUT2D eigenvalue weighted by atomic mass is 10.1. The number of hydrogen-bond acceptors (Lipinski definition) is 2. The maximum absolute atomic E-state index is 13.3. The van der Waals surface area contributed by atoms with Gasteiger partial charge in [-0.15, -0.1) is 0 Å². The van der Waals surface area contributed by atoms with E-state index < -0.39 is 0 Å². The second-order valence-electron chi connectivity index (χ2n) is 2.95. The number of benzene rings is 1. The van der Waals surface area contributed by atoms with Gasteiger partial charge in [-0.1, -0.05) is 0 Å². The Bertz CT molecular complexity index is 299. The summed E-state index contributed by atoms with van der Waals surface area (Å²) < 4.78 is 18.3. The first-order chi connectivity index (χ1) is 6.19. The molecule has 0 atom stereocenters. The summed E-state index contributed by atoms with van der Waals surface area (Å²) >= 11 is 0. The average molecular weight is 183 g/mol. The first kappa shape index (κ1) is 9.99. The largest absolute Gasteiger partial charge is 0.496 e. The Morgan fingerprint density at radius 3 is 2.69 bits per heavy atom. The van der Waals surface area contributed by atoms with Crippen LogP contribution in [0.25, 0.3) is 0 Å². The zero-order valence-corrected chi connectivity index (χ0v) is 7.93. The van der Waals surface area contributed by atoms with E-state index in [1.807, 2.05) is 6.92 Å². The van der Waals surface area contributed by atoms with Gasteiger partial charge in [-0.2, -0.15) is 0 Å². The number of aryl methyl sites for hydroxylation is 1. The van der Waals surface area contributed by atoms with Crippen molar-refractivity contribution in [1.29, 1.82) is 0 Å². The van der Waals surface area contributed by atoms with Crippen molar-refractivity contribution in [3.05, 3.63) is 29.1 Å². The molecule has 0 saturated heterocycles.